The van der Waals surface area contributed by atoms with Gasteiger partial charge in [0.05, 0.1) is 17.1 Å². The fourth-order valence-electron chi connectivity index (χ4n) is 5.15. The Morgan fingerprint density at radius 1 is 1.03 bits per heavy atom. The average Bonchev–Trinajstić information content (AvgIpc) is 3.40. The molecule has 1 aromatic heterocycles. The fraction of sp³-hybridized carbons (Fsp3) is 0.826. The number of thioether (sulfide) groups is 1. The van der Waals surface area contributed by atoms with Crippen molar-refractivity contribution in [2.75, 3.05) is 5.75 Å². The topological polar surface area (TPSA) is 109 Å². The Kier molecular flexibility index (Phi) is 7.27. The summed E-state index contributed by atoms with van der Waals surface area (Å²) in [5.41, 5.74) is -0.219. The van der Waals surface area contributed by atoms with Gasteiger partial charge in [0.1, 0.15) is 23.7 Å². The fourth-order valence-corrected chi connectivity index (χ4v) is 8.45. The molecule has 0 aliphatic carbocycles. The van der Waals surface area contributed by atoms with Gasteiger partial charge in [0.25, 0.3) is 5.56 Å². The number of aromatic nitrogens is 2. The van der Waals surface area contributed by atoms with Crippen LogP contribution < -0.4 is 11.2 Å². The molecule has 11 heteroatoms. The first-order valence-corrected chi connectivity index (χ1v) is 14.2. The van der Waals surface area contributed by atoms with Gasteiger partial charge in [0.15, 0.2) is 11.6 Å². The van der Waals surface area contributed by atoms with Crippen molar-refractivity contribution >= 4 is 22.6 Å². The maximum Gasteiger partial charge on any atom is 0.329 e. The minimum absolute atomic E-state index is 0.0286. The number of hydrogen-bond donors (Lipinski definition) is 1. The molecule has 0 amide bonds. The van der Waals surface area contributed by atoms with E-state index in [1.165, 1.54) is 0 Å². The monoisotopic (exact) mass is 516 g/mol. The molecule has 0 aromatic carbocycles. The van der Waals surface area contributed by atoms with Crippen molar-refractivity contribution in [1.82, 2.24) is 9.55 Å². The number of ether oxygens (including phenoxy) is 4. The molecular weight excluding hydrogens is 480 g/mol. The molecule has 8 atom stereocenters. The minimum Gasteiger partial charge on any atom is -0.344 e. The zero-order chi connectivity index (χ0) is 25.0. The number of hydrogen-bond acceptors (Lipinski definition) is 8. The zero-order valence-electron chi connectivity index (χ0n) is 20.9. The third-order valence-corrected chi connectivity index (χ3v) is 10.3. The van der Waals surface area contributed by atoms with Crippen LogP contribution in [0.25, 0.3) is 0 Å². The standard InChI is InChI=1S/C14H20N2O4S.C9H16O3S/c1-5-8-9-10(20-14(3,4)19-9)12(21-8)16-6-7(2)11(17)15-13(16)18;1-4-7-8-6(5-13(7)10)11-9(2,3)12-8/h6,8-10,12H,5H2,1-4H3,(H,15,17,18);6-8H,4-5H2,1-3H3/t8-,9-,10-,12-;6-,7+,8-,13-/m10/s1. The van der Waals surface area contributed by atoms with E-state index in [0.717, 1.165) is 12.8 Å². The largest absolute Gasteiger partial charge is 0.344 e. The molecule has 0 radical (unpaired) electrons. The second kappa shape index (κ2) is 9.48. The van der Waals surface area contributed by atoms with Crippen LogP contribution in [0.3, 0.4) is 0 Å². The van der Waals surface area contributed by atoms with E-state index >= 15 is 0 Å². The molecule has 0 bridgehead atoms. The van der Waals surface area contributed by atoms with Gasteiger partial charge in [-0.15, -0.1) is 11.8 Å². The summed E-state index contributed by atoms with van der Waals surface area (Å²) in [6.07, 6.45) is 3.37. The molecule has 4 aliphatic heterocycles. The van der Waals surface area contributed by atoms with E-state index in [9.17, 15) is 13.8 Å². The smallest absolute Gasteiger partial charge is 0.329 e. The molecule has 4 saturated heterocycles. The highest BCUT2D eigenvalue weighted by atomic mass is 32.2. The van der Waals surface area contributed by atoms with Crippen LogP contribution in [0.15, 0.2) is 15.8 Å². The second-order valence-corrected chi connectivity index (χ2v) is 13.2. The van der Waals surface area contributed by atoms with Gasteiger partial charge in [-0.3, -0.25) is 18.6 Å². The maximum absolute atomic E-state index is 12.1. The highest BCUT2D eigenvalue weighted by molar-refractivity contribution is 8.00. The second-order valence-electron chi connectivity index (χ2n) is 10.1. The number of nitrogens with one attached hydrogen (secondary N) is 1. The van der Waals surface area contributed by atoms with E-state index < -0.39 is 28.1 Å². The molecule has 4 aliphatic rings. The van der Waals surface area contributed by atoms with Crippen LogP contribution in [0.2, 0.25) is 0 Å². The van der Waals surface area contributed by atoms with E-state index in [4.69, 9.17) is 18.9 Å². The van der Waals surface area contributed by atoms with Crippen molar-refractivity contribution in [3.8, 4) is 0 Å². The van der Waals surface area contributed by atoms with Crippen molar-refractivity contribution < 1.29 is 23.2 Å². The van der Waals surface area contributed by atoms with E-state index in [1.807, 2.05) is 27.7 Å². The van der Waals surface area contributed by atoms with E-state index in [-0.39, 0.29) is 45.8 Å². The Bertz CT molecular complexity index is 1050. The molecule has 0 unspecified atom stereocenters. The van der Waals surface area contributed by atoms with Crippen LogP contribution in [0.4, 0.5) is 0 Å². The predicted octanol–water partition coefficient (Wildman–Crippen LogP) is 2.44. The lowest BCUT2D eigenvalue weighted by molar-refractivity contribution is -0.149. The lowest BCUT2D eigenvalue weighted by atomic mass is 10.1. The Morgan fingerprint density at radius 2 is 1.65 bits per heavy atom. The third-order valence-electron chi connectivity index (χ3n) is 6.60. The van der Waals surface area contributed by atoms with Gasteiger partial charge in [-0.1, -0.05) is 13.8 Å². The number of aryl methyl sites for hydroxylation is 1. The van der Waals surface area contributed by atoms with Crippen molar-refractivity contribution in [2.24, 2.45) is 0 Å². The first-order valence-electron chi connectivity index (χ1n) is 11.9. The summed E-state index contributed by atoms with van der Waals surface area (Å²) in [7, 11) is -0.753. The molecule has 5 rings (SSSR count). The lowest BCUT2D eigenvalue weighted by Crippen LogP contribution is -2.37. The van der Waals surface area contributed by atoms with Gasteiger partial charge < -0.3 is 18.9 Å². The van der Waals surface area contributed by atoms with Crippen molar-refractivity contribution in [2.45, 2.75) is 113 Å². The van der Waals surface area contributed by atoms with Gasteiger partial charge >= 0.3 is 5.69 Å². The average molecular weight is 517 g/mol. The van der Waals surface area contributed by atoms with Gasteiger partial charge in [-0.2, -0.15) is 0 Å². The van der Waals surface area contributed by atoms with Crippen LogP contribution in [0, 0.1) is 6.92 Å². The third kappa shape index (κ3) is 4.97. The van der Waals surface area contributed by atoms with Crippen molar-refractivity contribution in [1.29, 1.82) is 0 Å². The normalized spacial score (nSPS) is 39.4. The first kappa shape index (κ1) is 26.1. The van der Waals surface area contributed by atoms with Gasteiger partial charge in [0.2, 0.25) is 0 Å². The number of aromatic amines is 1. The quantitative estimate of drug-likeness (QED) is 0.653. The highest BCUT2D eigenvalue weighted by Crippen LogP contribution is 2.51. The Labute approximate surface area is 206 Å². The molecular formula is C23H36N2O7S2. The Morgan fingerprint density at radius 3 is 2.29 bits per heavy atom. The number of nitrogens with zero attached hydrogens (tertiary/aromatic N) is 1. The molecule has 4 fully saturated rings. The van der Waals surface area contributed by atoms with Gasteiger partial charge in [-0.05, 0) is 47.5 Å². The molecule has 0 saturated carbocycles. The summed E-state index contributed by atoms with van der Waals surface area (Å²) in [5, 5.41) is 0.275. The summed E-state index contributed by atoms with van der Waals surface area (Å²) < 4.78 is 36.5. The summed E-state index contributed by atoms with van der Waals surface area (Å²) in [6, 6.07) is 0. The maximum atomic E-state index is 12.1. The molecule has 1 N–H and O–H groups in total. The molecule has 1 aromatic rings. The number of fused-ring (bicyclic) bond motifs is 2. The van der Waals surface area contributed by atoms with E-state index in [2.05, 4.69) is 18.8 Å². The van der Waals surface area contributed by atoms with Crippen LogP contribution in [0.1, 0.15) is 65.3 Å². The summed E-state index contributed by atoms with van der Waals surface area (Å²) in [6.45, 7) is 13.5. The first-order chi connectivity index (χ1) is 15.9. The highest BCUT2D eigenvalue weighted by Gasteiger charge is 2.55. The molecule has 5 heterocycles. The Hall–Kier alpha value is -0.980. The van der Waals surface area contributed by atoms with Crippen molar-refractivity contribution in [3.05, 3.63) is 32.6 Å². The lowest BCUT2D eigenvalue weighted by Gasteiger charge is -2.24. The molecule has 9 nitrogen and oxygen atoms in total. The van der Waals surface area contributed by atoms with Crippen LogP contribution in [-0.4, -0.2) is 66.0 Å². The molecule has 192 valence electrons. The van der Waals surface area contributed by atoms with E-state index in [1.54, 1.807) is 29.4 Å². The van der Waals surface area contributed by atoms with Crippen molar-refractivity contribution in [3.63, 3.8) is 0 Å². The minimum atomic E-state index is -0.753. The van der Waals surface area contributed by atoms with Gasteiger partial charge in [0, 0.05) is 27.8 Å². The summed E-state index contributed by atoms with van der Waals surface area (Å²) in [4.78, 5) is 26.0. The zero-order valence-corrected chi connectivity index (χ0v) is 22.5. The summed E-state index contributed by atoms with van der Waals surface area (Å²) >= 11 is 1.68. The van der Waals surface area contributed by atoms with Gasteiger partial charge in [-0.25, -0.2) is 4.79 Å². The molecule has 0 spiro atoms. The van der Waals surface area contributed by atoms with Crippen LogP contribution >= 0.6 is 11.8 Å². The number of rotatable bonds is 3. The molecule has 34 heavy (non-hydrogen) atoms. The number of H-pyrrole nitrogens is 1. The van der Waals surface area contributed by atoms with Crippen LogP contribution in [-0.2, 0) is 29.7 Å². The summed E-state index contributed by atoms with van der Waals surface area (Å²) in [5.74, 6) is -0.469. The van der Waals surface area contributed by atoms with E-state index in [0.29, 0.717) is 11.3 Å². The van der Waals surface area contributed by atoms with Crippen LogP contribution in [0.5, 0.6) is 0 Å². The Balaban J connectivity index is 0.000000180. The predicted molar refractivity (Wildman–Crippen MR) is 132 cm³/mol. The SMILES string of the molecule is CC[C@@H]1[C@H]2OC(C)(C)O[C@H]2C[S@@]1=O.CC[C@H]1S[C@@H](n2cc(C)c(=O)[nH]c2=O)[C@@H]2OC(C)(C)O[C@@H]21.